The summed E-state index contributed by atoms with van der Waals surface area (Å²) < 4.78 is 10.5. The molecule has 1 aliphatic heterocycles. The lowest BCUT2D eigenvalue weighted by Crippen LogP contribution is -2.40. The smallest absolute Gasteiger partial charge is 0.146 e. The molecule has 0 atom stereocenters. The molecule has 0 aromatic carbocycles. The summed E-state index contributed by atoms with van der Waals surface area (Å²) in [5, 5.41) is 3.99. The summed E-state index contributed by atoms with van der Waals surface area (Å²) in [6.07, 6.45) is 1.66. The monoisotopic (exact) mass is 199 g/mol. The van der Waals surface area contributed by atoms with Gasteiger partial charge in [0.2, 0.25) is 0 Å². The van der Waals surface area contributed by atoms with Crippen molar-refractivity contribution in [2.45, 2.75) is 13.8 Å². The first-order chi connectivity index (χ1) is 6.69. The molecule has 80 valence electrons. The Bertz CT molecular complexity index is 219. The molecule has 1 saturated heterocycles. The first-order valence-electron chi connectivity index (χ1n) is 4.62. The number of rotatable bonds is 4. The summed E-state index contributed by atoms with van der Waals surface area (Å²) in [5.74, 6) is 0. The van der Waals surface area contributed by atoms with Gasteiger partial charge in [-0.1, -0.05) is 17.8 Å². The fourth-order valence-corrected chi connectivity index (χ4v) is 1.14. The highest BCUT2D eigenvalue weighted by Crippen LogP contribution is 2.23. The lowest BCUT2D eigenvalue weighted by Gasteiger charge is -2.32. The minimum absolute atomic E-state index is 0.167. The van der Waals surface area contributed by atoms with Crippen molar-refractivity contribution in [3.8, 4) is 0 Å². The molecule has 0 N–H and O–H groups in total. The maximum absolute atomic E-state index is 5.23. The van der Waals surface area contributed by atoms with Crippen LogP contribution in [0, 0.1) is 5.41 Å². The summed E-state index contributed by atoms with van der Waals surface area (Å²) in [6, 6.07) is 0. The van der Waals surface area contributed by atoms with Gasteiger partial charge >= 0.3 is 0 Å². The molecule has 0 radical (unpaired) electrons. The minimum Gasteiger partial charge on any atom is -0.392 e. The van der Waals surface area contributed by atoms with Gasteiger partial charge in [-0.15, -0.1) is 0 Å². The fraction of sp³-hybridized carbons (Fsp3) is 0.700. The quantitative estimate of drug-likeness (QED) is 0.299. The lowest BCUT2D eigenvalue weighted by molar-refractivity contribution is -0.139. The maximum atomic E-state index is 5.23. The molecule has 4 heteroatoms. The number of hydrogen-bond donors (Lipinski definition) is 0. The van der Waals surface area contributed by atoms with Crippen LogP contribution < -0.4 is 0 Å². The van der Waals surface area contributed by atoms with Crippen LogP contribution >= 0.6 is 0 Å². The second-order valence-electron chi connectivity index (χ2n) is 3.64. The van der Waals surface area contributed by atoms with Crippen LogP contribution in [0.5, 0.6) is 0 Å². The van der Waals surface area contributed by atoms with Crippen molar-refractivity contribution < 1.29 is 14.3 Å². The highest BCUT2D eigenvalue weighted by atomic mass is 16.7. The normalized spacial score (nSPS) is 21.7. The molecule has 4 nitrogen and oxygen atoms in total. The largest absolute Gasteiger partial charge is 0.392 e. The first kappa shape index (κ1) is 11.2. The van der Waals surface area contributed by atoms with Crippen LogP contribution in [0.4, 0.5) is 0 Å². The van der Waals surface area contributed by atoms with E-state index in [0.717, 1.165) is 5.71 Å². The molecule has 14 heavy (non-hydrogen) atoms. The number of nitrogens with zero attached hydrogens (tertiary/aromatic N) is 1. The van der Waals surface area contributed by atoms with E-state index in [1.54, 1.807) is 6.08 Å². The third kappa shape index (κ3) is 2.82. The van der Waals surface area contributed by atoms with Crippen LogP contribution in [-0.2, 0) is 14.3 Å². The zero-order valence-electron chi connectivity index (χ0n) is 8.78. The van der Waals surface area contributed by atoms with Gasteiger partial charge < -0.3 is 14.3 Å². The third-order valence-corrected chi connectivity index (χ3v) is 2.28. The molecule has 0 unspecified atom stereocenters. The van der Waals surface area contributed by atoms with Crippen molar-refractivity contribution in [1.82, 2.24) is 0 Å². The van der Waals surface area contributed by atoms with E-state index in [9.17, 15) is 0 Å². The molecular weight excluding hydrogens is 182 g/mol. The van der Waals surface area contributed by atoms with Crippen LogP contribution in [0.25, 0.3) is 0 Å². The van der Waals surface area contributed by atoms with Crippen LogP contribution in [0.15, 0.2) is 17.8 Å². The molecule has 0 aromatic heterocycles. The maximum Gasteiger partial charge on any atom is 0.146 e. The fourth-order valence-electron chi connectivity index (χ4n) is 1.14. The Hall–Kier alpha value is -0.870. The number of oxime groups is 1. The molecule has 1 rings (SSSR count). The predicted molar refractivity (Wildman–Crippen MR) is 54.1 cm³/mol. The van der Waals surface area contributed by atoms with E-state index < -0.39 is 0 Å². The summed E-state index contributed by atoms with van der Waals surface area (Å²) in [4.78, 5) is 5.02. The van der Waals surface area contributed by atoms with Crippen molar-refractivity contribution in [2.24, 2.45) is 10.6 Å². The van der Waals surface area contributed by atoms with Crippen molar-refractivity contribution in [2.75, 3.05) is 26.6 Å². The summed E-state index contributed by atoms with van der Waals surface area (Å²) in [5.41, 5.74) is 0.721. The summed E-state index contributed by atoms with van der Waals surface area (Å²) in [6.45, 7) is 9.55. The average Bonchev–Trinajstić information content (AvgIpc) is 2.19. The zero-order chi connectivity index (χ0) is 10.4. The molecule has 1 aliphatic rings. The van der Waals surface area contributed by atoms with E-state index in [0.29, 0.717) is 26.6 Å². The van der Waals surface area contributed by atoms with Crippen LogP contribution in [0.1, 0.15) is 13.8 Å². The van der Waals surface area contributed by atoms with E-state index in [2.05, 4.69) is 11.7 Å². The van der Waals surface area contributed by atoms with Crippen molar-refractivity contribution in [3.63, 3.8) is 0 Å². The molecule has 0 bridgehead atoms. The van der Waals surface area contributed by atoms with Gasteiger partial charge in [-0.2, -0.15) is 0 Å². The summed E-state index contributed by atoms with van der Waals surface area (Å²) in [7, 11) is 0. The molecule has 1 heterocycles. The van der Waals surface area contributed by atoms with Crippen molar-refractivity contribution in [1.29, 1.82) is 0 Å². The second-order valence-corrected chi connectivity index (χ2v) is 3.64. The molecule has 0 amide bonds. The molecule has 0 saturated carbocycles. The number of ether oxygens (including phenoxy) is 2. The topological polar surface area (TPSA) is 40.0 Å². The van der Waals surface area contributed by atoms with Crippen LogP contribution in [-0.4, -0.2) is 32.3 Å². The molecule has 1 fully saturated rings. The van der Waals surface area contributed by atoms with E-state index in [-0.39, 0.29) is 5.41 Å². The Balaban J connectivity index is 2.51. The van der Waals surface area contributed by atoms with Gasteiger partial charge in [-0.05, 0) is 13.8 Å². The molecule has 0 aromatic rings. The Labute approximate surface area is 84.5 Å². The highest BCUT2D eigenvalue weighted by Gasteiger charge is 2.32. The molecule has 0 spiro atoms. The van der Waals surface area contributed by atoms with Gasteiger partial charge in [0.15, 0.2) is 0 Å². The highest BCUT2D eigenvalue weighted by molar-refractivity contribution is 5.87. The van der Waals surface area contributed by atoms with Gasteiger partial charge in [0.1, 0.15) is 13.4 Å². The van der Waals surface area contributed by atoms with Crippen molar-refractivity contribution in [3.05, 3.63) is 12.7 Å². The van der Waals surface area contributed by atoms with Crippen molar-refractivity contribution >= 4 is 5.71 Å². The van der Waals surface area contributed by atoms with Crippen LogP contribution in [0.3, 0.4) is 0 Å². The number of hydrogen-bond acceptors (Lipinski definition) is 4. The van der Waals surface area contributed by atoms with Gasteiger partial charge in [-0.3, -0.25) is 0 Å². The summed E-state index contributed by atoms with van der Waals surface area (Å²) >= 11 is 0. The Morgan fingerprint density at radius 2 is 2.21 bits per heavy atom. The average molecular weight is 199 g/mol. The standard InChI is InChI=1S/C10H17NO3/c1-4-5-14-11-9(2)10(3)6-12-8-13-7-10/h4H,1,5-8H2,2-3H3/b11-9+. The van der Waals surface area contributed by atoms with Gasteiger partial charge in [0, 0.05) is 0 Å². The van der Waals surface area contributed by atoms with Gasteiger partial charge in [-0.25, -0.2) is 0 Å². The first-order valence-corrected chi connectivity index (χ1v) is 4.62. The zero-order valence-corrected chi connectivity index (χ0v) is 8.78. The molecular formula is C10H17NO3. The Morgan fingerprint density at radius 1 is 1.57 bits per heavy atom. The van der Waals surface area contributed by atoms with E-state index in [1.165, 1.54) is 0 Å². The Kier molecular flexibility index (Phi) is 4.10. The SMILES string of the molecule is C=CCO/N=C(\C)C1(C)COCOC1. The Morgan fingerprint density at radius 3 is 2.79 bits per heavy atom. The van der Waals surface area contributed by atoms with E-state index in [4.69, 9.17) is 14.3 Å². The predicted octanol–water partition coefficient (Wildman–Crippen LogP) is 1.58. The van der Waals surface area contributed by atoms with Crippen LogP contribution in [0.2, 0.25) is 0 Å². The minimum atomic E-state index is -0.167. The van der Waals surface area contributed by atoms with E-state index >= 15 is 0 Å². The van der Waals surface area contributed by atoms with Gasteiger partial charge in [0.25, 0.3) is 0 Å². The lowest BCUT2D eigenvalue weighted by atomic mass is 9.87. The van der Waals surface area contributed by atoms with Gasteiger partial charge in [0.05, 0.1) is 24.3 Å². The van der Waals surface area contributed by atoms with E-state index in [1.807, 2.05) is 13.8 Å². The second kappa shape index (κ2) is 5.12. The molecule has 0 aliphatic carbocycles. The third-order valence-electron chi connectivity index (χ3n) is 2.28.